The molecule has 0 saturated heterocycles. The first-order chi connectivity index (χ1) is 9.06. The van der Waals surface area contributed by atoms with Crippen molar-refractivity contribution in [2.24, 2.45) is 0 Å². The highest BCUT2D eigenvalue weighted by atomic mass is 127. The van der Waals surface area contributed by atoms with Gasteiger partial charge in [-0.25, -0.2) is 0 Å². The maximum absolute atomic E-state index is 3.54. The number of rotatable bonds is 4. The SMILES string of the molecule is CC(C)c1ccc(NC(C)c2ccc(I)cc2)cc1. The Bertz CT molecular complexity index is 514. The Morgan fingerprint density at radius 3 is 1.84 bits per heavy atom. The second-order valence-corrected chi connectivity index (χ2v) is 6.44. The molecule has 0 spiro atoms. The van der Waals surface area contributed by atoms with Crippen molar-refractivity contribution in [2.75, 3.05) is 5.32 Å². The molecular weight excluding hydrogens is 345 g/mol. The molecule has 2 heteroatoms. The molecule has 0 saturated carbocycles. The van der Waals surface area contributed by atoms with Crippen LogP contribution in [0.2, 0.25) is 0 Å². The number of hydrogen-bond donors (Lipinski definition) is 1. The van der Waals surface area contributed by atoms with E-state index in [1.165, 1.54) is 20.4 Å². The highest BCUT2D eigenvalue weighted by molar-refractivity contribution is 14.1. The average Bonchev–Trinajstić information content (AvgIpc) is 2.40. The molecular formula is C17H20IN. The van der Waals surface area contributed by atoms with Crippen LogP contribution in [0.5, 0.6) is 0 Å². The van der Waals surface area contributed by atoms with Crippen LogP contribution < -0.4 is 5.32 Å². The maximum atomic E-state index is 3.54. The van der Waals surface area contributed by atoms with Crippen molar-refractivity contribution in [1.82, 2.24) is 0 Å². The molecule has 1 atom stereocenters. The Morgan fingerprint density at radius 2 is 1.32 bits per heavy atom. The van der Waals surface area contributed by atoms with E-state index in [9.17, 15) is 0 Å². The largest absolute Gasteiger partial charge is 0.379 e. The smallest absolute Gasteiger partial charge is 0.0485 e. The molecule has 19 heavy (non-hydrogen) atoms. The molecule has 100 valence electrons. The molecule has 1 N–H and O–H groups in total. The minimum absolute atomic E-state index is 0.321. The zero-order valence-electron chi connectivity index (χ0n) is 11.7. The molecule has 0 fully saturated rings. The first kappa shape index (κ1) is 14.4. The van der Waals surface area contributed by atoms with E-state index in [-0.39, 0.29) is 0 Å². The summed E-state index contributed by atoms with van der Waals surface area (Å²) >= 11 is 2.33. The van der Waals surface area contributed by atoms with Crippen LogP contribution in [0.25, 0.3) is 0 Å². The van der Waals surface area contributed by atoms with Crippen LogP contribution in [-0.4, -0.2) is 0 Å². The van der Waals surface area contributed by atoms with Gasteiger partial charge in [0.1, 0.15) is 0 Å². The molecule has 0 amide bonds. The third-order valence-electron chi connectivity index (χ3n) is 3.33. The van der Waals surface area contributed by atoms with Gasteiger partial charge in [-0.3, -0.25) is 0 Å². The van der Waals surface area contributed by atoms with E-state index in [0.717, 1.165) is 0 Å². The predicted molar refractivity (Wildman–Crippen MR) is 91.7 cm³/mol. The lowest BCUT2D eigenvalue weighted by atomic mass is 10.0. The summed E-state index contributed by atoms with van der Waals surface area (Å²) in [6, 6.07) is 17.7. The lowest BCUT2D eigenvalue weighted by molar-refractivity contribution is 0.862. The summed E-state index contributed by atoms with van der Waals surface area (Å²) in [7, 11) is 0. The Balaban J connectivity index is 2.06. The molecule has 1 unspecified atom stereocenters. The summed E-state index contributed by atoms with van der Waals surface area (Å²) in [6.45, 7) is 6.63. The zero-order chi connectivity index (χ0) is 13.8. The van der Waals surface area contributed by atoms with E-state index >= 15 is 0 Å². The van der Waals surface area contributed by atoms with E-state index in [0.29, 0.717) is 12.0 Å². The van der Waals surface area contributed by atoms with Gasteiger partial charge in [-0.05, 0) is 70.8 Å². The van der Waals surface area contributed by atoms with Gasteiger partial charge < -0.3 is 5.32 Å². The van der Waals surface area contributed by atoms with Crippen LogP contribution in [0.1, 0.15) is 43.9 Å². The molecule has 0 aliphatic carbocycles. The third kappa shape index (κ3) is 3.96. The highest BCUT2D eigenvalue weighted by Gasteiger charge is 2.05. The Labute approximate surface area is 129 Å². The van der Waals surface area contributed by atoms with Crippen LogP contribution in [0.15, 0.2) is 48.5 Å². The van der Waals surface area contributed by atoms with Crippen LogP contribution in [-0.2, 0) is 0 Å². The van der Waals surface area contributed by atoms with Gasteiger partial charge in [0, 0.05) is 15.3 Å². The molecule has 0 aromatic heterocycles. The van der Waals surface area contributed by atoms with Crippen LogP contribution in [0, 0.1) is 3.57 Å². The van der Waals surface area contributed by atoms with Crippen LogP contribution >= 0.6 is 22.6 Å². The number of halogens is 1. The van der Waals surface area contributed by atoms with Crippen molar-refractivity contribution in [3.05, 3.63) is 63.2 Å². The van der Waals surface area contributed by atoms with Crippen molar-refractivity contribution in [3.8, 4) is 0 Å². The number of hydrogen-bond acceptors (Lipinski definition) is 1. The lowest BCUT2D eigenvalue weighted by Gasteiger charge is -2.16. The summed E-state index contributed by atoms with van der Waals surface area (Å²) in [5, 5.41) is 3.54. The van der Waals surface area contributed by atoms with Gasteiger partial charge >= 0.3 is 0 Å². The Hall–Kier alpha value is -1.03. The first-order valence-corrected chi connectivity index (χ1v) is 7.76. The van der Waals surface area contributed by atoms with Gasteiger partial charge in [0.2, 0.25) is 0 Å². The molecule has 0 aliphatic rings. The Morgan fingerprint density at radius 1 is 0.789 bits per heavy atom. The van der Waals surface area contributed by atoms with Gasteiger partial charge in [0.05, 0.1) is 0 Å². The van der Waals surface area contributed by atoms with Gasteiger partial charge in [-0.1, -0.05) is 38.1 Å². The Kier molecular flexibility index (Phi) is 4.86. The maximum Gasteiger partial charge on any atom is 0.0485 e. The zero-order valence-corrected chi connectivity index (χ0v) is 13.8. The number of anilines is 1. The van der Waals surface area contributed by atoms with E-state index in [1.54, 1.807) is 0 Å². The molecule has 2 aromatic rings. The van der Waals surface area contributed by atoms with Crippen LogP contribution in [0.3, 0.4) is 0 Å². The summed E-state index contributed by atoms with van der Waals surface area (Å²) in [5.41, 5.74) is 3.87. The molecule has 2 rings (SSSR count). The minimum Gasteiger partial charge on any atom is -0.379 e. The van der Waals surface area contributed by atoms with Crippen molar-refractivity contribution in [3.63, 3.8) is 0 Å². The quantitative estimate of drug-likeness (QED) is 0.697. The average molecular weight is 365 g/mol. The first-order valence-electron chi connectivity index (χ1n) is 6.68. The molecule has 0 bridgehead atoms. The summed E-state index contributed by atoms with van der Waals surface area (Å²) in [5.74, 6) is 0.586. The number of nitrogens with one attached hydrogen (secondary N) is 1. The number of benzene rings is 2. The van der Waals surface area contributed by atoms with Crippen molar-refractivity contribution < 1.29 is 0 Å². The fourth-order valence-electron chi connectivity index (χ4n) is 2.05. The lowest BCUT2D eigenvalue weighted by Crippen LogP contribution is -2.06. The molecule has 0 aliphatic heterocycles. The van der Waals surface area contributed by atoms with Crippen molar-refractivity contribution in [1.29, 1.82) is 0 Å². The third-order valence-corrected chi connectivity index (χ3v) is 4.05. The van der Waals surface area contributed by atoms with Gasteiger partial charge in [-0.15, -0.1) is 0 Å². The fourth-order valence-corrected chi connectivity index (χ4v) is 2.41. The van der Waals surface area contributed by atoms with E-state index in [4.69, 9.17) is 0 Å². The predicted octanol–water partition coefficient (Wildman–Crippen LogP) is 5.59. The van der Waals surface area contributed by atoms with Crippen molar-refractivity contribution >= 4 is 28.3 Å². The standard InChI is InChI=1S/C17H20IN/c1-12(2)14-6-10-17(11-7-14)19-13(3)15-4-8-16(18)9-5-15/h4-13,19H,1-3H3. The van der Waals surface area contributed by atoms with Gasteiger partial charge in [0.25, 0.3) is 0 Å². The minimum atomic E-state index is 0.321. The second-order valence-electron chi connectivity index (χ2n) is 5.19. The molecule has 0 radical (unpaired) electrons. The van der Waals surface area contributed by atoms with Gasteiger partial charge in [-0.2, -0.15) is 0 Å². The van der Waals surface area contributed by atoms with Crippen molar-refractivity contribution in [2.45, 2.75) is 32.7 Å². The fraction of sp³-hybridized carbons (Fsp3) is 0.294. The van der Waals surface area contributed by atoms with Crippen LogP contribution in [0.4, 0.5) is 5.69 Å². The van der Waals surface area contributed by atoms with E-state index < -0.39 is 0 Å². The van der Waals surface area contributed by atoms with Gasteiger partial charge in [0.15, 0.2) is 0 Å². The normalized spacial score (nSPS) is 12.5. The topological polar surface area (TPSA) is 12.0 Å². The molecule has 2 aromatic carbocycles. The highest BCUT2D eigenvalue weighted by Crippen LogP contribution is 2.22. The summed E-state index contributed by atoms with van der Waals surface area (Å²) in [4.78, 5) is 0. The second kappa shape index (κ2) is 6.42. The molecule has 1 nitrogen and oxygen atoms in total. The monoisotopic (exact) mass is 365 g/mol. The van der Waals surface area contributed by atoms with E-state index in [1.807, 2.05) is 0 Å². The summed E-state index contributed by atoms with van der Waals surface area (Å²) in [6.07, 6.45) is 0. The molecule has 0 heterocycles. The summed E-state index contributed by atoms with van der Waals surface area (Å²) < 4.78 is 1.27. The van der Waals surface area contributed by atoms with E-state index in [2.05, 4.69) is 97.2 Å².